The molecule has 0 N–H and O–H groups in total. The van der Waals surface area contributed by atoms with E-state index >= 15 is 0 Å². The Morgan fingerprint density at radius 3 is 2.39 bits per heavy atom. The highest BCUT2D eigenvalue weighted by molar-refractivity contribution is 7.89. The first-order valence-corrected chi connectivity index (χ1v) is 8.87. The molecular formula is C17H15NO4S. The van der Waals surface area contributed by atoms with Gasteiger partial charge < -0.3 is 4.74 Å². The zero-order valence-corrected chi connectivity index (χ0v) is 13.3. The topological polar surface area (TPSA) is 84.2 Å². The minimum absolute atomic E-state index is 0.00760. The van der Waals surface area contributed by atoms with Crippen molar-refractivity contribution in [3.8, 4) is 6.07 Å². The zero-order valence-electron chi connectivity index (χ0n) is 12.5. The average molecular weight is 329 g/mol. The van der Waals surface area contributed by atoms with E-state index in [1.807, 2.05) is 6.07 Å². The number of esters is 1. The van der Waals surface area contributed by atoms with Crippen molar-refractivity contribution >= 4 is 15.8 Å². The van der Waals surface area contributed by atoms with E-state index in [1.54, 1.807) is 36.4 Å². The highest BCUT2D eigenvalue weighted by atomic mass is 32.2. The zero-order chi connectivity index (χ0) is 16.9. The molecule has 0 radical (unpaired) electrons. The molecule has 0 saturated carbocycles. The molecule has 0 saturated heterocycles. The fourth-order valence-corrected chi connectivity index (χ4v) is 2.82. The van der Waals surface area contributed by atoms with Crippen molar-refractivity contribution in [2.24, 2.45) is 0 Å². The lowest BCUT2D eigenvalue weighted by atomic mass is 10.1. The first-order valence-electron chi connectivity index (χ1n) is 6.81. The number of nitriles is 1. The van der Waals surface area contributed by atoms with Gasteiger partial charge in [-0.2, -0.15) is 5.26 Å². The van der Waals surface area contributed by atoms with Crippen molar-refractivity contribution in [2.75, 3.05) is 6.26 Å². The third-order valence-electron chi connectivity index (χ3n) is 3.12. The summed E-state index contributed by atoms with van der Waals surface area (Å²) < 4.78 is 27.6. The van der Waals surface area contributed by atoms with Crippen LogP contribution in [0.3, 0.4) is 0 Å². The van der Waals surface area contributed by atoms with Gasteiger partial charge in [0.25, 0.3) is 0 Å². The maximum Gasteiger partial charge on any atom is 0.338 e. The Bertz CT molecular complexity index is 849. The maximum absolute atomic E-state index is 12.0. The summed E-state index contributed by atoms with van der Waals surface area (Å²) in [4.78, 5) is 12.0. The second-order valence-corrected chi connectivity index (χ2v) is 7.25. The van der Waals surface area contributed by atoms with Crippen LogP contribution in [-0.4, -0.2) is 20.6 Å². The normalized spacial score (nSPS) is 10.8. The molecule has 5 nitrogen and oxygen atoms in total. The van der Waals surface area contributed by atoms with Crippen LogP contribution in [0.1, 0.15) is 27.0 Å². The Morgan fingerprint density at radius 2 is 1.78 bits per heavy atom. The molecule has 0 amide bonds. The highest BCUT2D eigenvalue weighted by Gasteiger charge is 2.10. The summed E-state index contributed by atoms with van der Waals surface area (Å²) in [5.74, 6) is -0.596. The molecule has 2 aromatic rings. The summed E-state index contributed by atoms with van der Waals surface area (Å²) in [7, 11) is -3.11. The lowest BCUT2D eigenvalue weighted by molar-refractivity contribution is 0.0472. The number of nitrogens with zero attached hydrogens (tertiary/aromatic N) is 1. The minimum atomic E-state index is -3.11. The number of benzene rings is 2. The number of hydrogen-bond donors (Lipinski definition) is 0. The molecule has 6 heteroatoms. The van der Waals surface area contributed by atoms with E-state index in [0.717, 1.165) is 6.26 Å². The standard InChI is InChI=1S/C17H15NO4S/c1-23(20,21)12-13-6-8-14(9-7-13)17(19)22-11-16-5-3-2-4-15(16)10-18/h2-9H,11-12H2,1H3. The van der Waals surface area contributed by atoms with Gasteiger partial charge in [0.15, 0.2) is 9.84 Å². The largest absolute Gasteiger partial charge is 0.457 e. The monoisotopic (exact) mass is 329 g/mol. The summed E-state index contributed by atoms with van der Waals surface area (Å²) in [6.07, 6.45) is 1.15. The Labute approximate surface area is 135 Å². The molecule has 0 spiro atoms. The summed E-state index contributed by atoms with van der Waals surface area (Å²) >= 11 is 0. The van der Waals surface area contributed by atoms with Gasteiger partial charge in [0, 0.05) is 11.8 Å². The molecule has 0 atom stereocenters. The summed E-state index contributed by atoms with van der Waals surface area (Å²) in [5.41, 5.74) is 2.04. The van der Waals surface area contributed by atoms with Crippen LogP contribution in [0.15, 0.2) is 48.5 Å². The fraction of sp³-hybridized carbons (Fsp3) is 0.176. The van der Waals surface area contributed by atoms with E-state index in [2.05, 4.69) is 0 Å². The molecule has 0 aliphatic heterocycles. The molecule has 118 valence electrons. The summed E-state index contributed by atoms with van der Waals surface area (Å²) in [5, 5.41) is 8.98. The second-order valence-electron chi connectivity index (χ2n) is 5.11. The first kappa shape index (κ1) is 16.7. The van der Waals surface area contributed by atoms with Crippen molar-refractivity contribution in [2.45, 2.75) is 12.4 Å². The fourth-order valence-electron chi connectivity index (χ4n) is 2.02. The highest BCUT2D eigenvalue weighted by Crippen LogP contribution is 2.12. The van der Waals surface area contributed by atoms with E-state index in [0.29, 0.717) is 22.3 Å². The molecule has 0 aliphatic carbocycles. The molecule has 2 aromatic carbocycles. The van der Waals surface area contributed by atoms with Crippen LogP contribution in [0.2, 0.25) is 0 Å². The van der Waals surface area contributed by atoms with Gasteiger partial charge in [0.05, 0.1) is 22.9 Å². The van der Waals surface area contributed by atoms with Crippen molar-refractivity contribution in [1.82, 2.24) is 0 Å². The lowest BCUT2D eigenvalue weighted by Crippen LogP contribution is -2.07. The van der Waals surface area contributed by atoms with E-state index in [9.17, 15) is 13.2 Å². The minimum Gasteiger partial charge on any atom is -0.457 e. The molecule has 2 rings (SSSR count). The van der Waals surface area contributed by atoms with Crippen molar-refractivity contribution < 1.29 is 17.9 Å². The number of carbonyl (C=O) groups excluding carboxylic acids is 1. The van der Waals surface area contributed by atoms with Gasteiger partial charge in [0.1, 0.15) is 6.61 Å². The summed E-state index contributed by atoms with van der Waals surface area (Å²) in [6.45, 7) is 0.00760. The second kappa shape index (κ2) is 7.07. The lowest BCUT2D eigenvalue weighted by Gasteiger charge is -2.07. The van der Waals surface area contributed by atoms with E-state index < -0.39 is 15.8 Å². The summed E-state index contributed by atoms with van der Waals surface area (Å²) in [6, 6.07) is 15.1. The molecule has 0 heterocycles. The number of ether oxygens (including phenoxy) is 1. The molecule has 0 aliphatic rings. The third kappa shape index (κ3) is 4.94. The van der Waals surface area contributed by atoms with Crippen LogP contribution in [0.5, 0.6) is 0 Å². The van der Waals surface area contributed by atoms with Crippen molar-refractivity contribution in [1.29, 1.82) is 5.26 Å². The van der Waals surface area contributed by atoms with Gasteiger partial charge in [-0.25, -0.2) is 13.2 Å². The molecule has 23 heavy (non-hydrogen) atoms. The van der Waals surface area contributed by atoms with Gasteiger partial charge in [-0.1, -0.05) is 30.3 Å². The number of rotatable bonds is 5. The van der Waals surface area contributed by atoms with Crippen LogP contribution < -0.4 is 0 Å². The molecule has 0 unspecified atom stereocenters. The Balaban J connectivity index is 2.02. The first-order chi connectivity index (χ1) is 10.9. The number of sulfone groups is 1. The predicted octanol–water partition coefficient (Wildman–Crippen LogP) is 2.46. The van der Waals surface area contributed by atoms with Gasteiger partial charge in [0.2, 0.25) is 0 Å². The van der Waals surface area contributed by atoms with Crippen LogP contribution >= 0.6 is 0 Å². The molecule has 0 fully saturated rings. The van der Waals surface area contributed by atoms with Gasteiger partial charge in [-0.15, -0.1) is 0 Å². The molecule has 0 aromatic heterocycles. The van der Waals surface area contributed by atoms with E-state index in [1.165, 1.54) is 12.1 Å². The Morgan fingerprint density at radius 1 is 1.13 bits per heavy atom. The Hall–Kier alpha value is -2.65. The number of hydrogen-bond acceptors (Lipinski definition) is 5. The van der Waals surface area contributed by atoms with Gasteiger partial charge in [-0.05, 0) is 23.8 Å². The molecule has 0 bridgehead atoms. The molecular weight excluding hydrogens is 314 g/mol. The average Bonchev–Trinajstić information content (AvgIpc) is 2.52. The maximum atomic E-state index is 12.0. The van der Waals surface area contributed by atoms with Crippen molar-refractivity contribution in [3.05, 3.63) is 70.8 Å². The Kier molecular flexibility index (Phi) is 5.14. The third-order valence-corrected chi connectivity index (χ3v) is 3.97. The van der Waals surface area contributed by atoms with Gasteiger partial charge in [-0.3, -0.25) is 0 Å². The smallest absolute Gasteiger partial charge is 0.338 e. The van der Waals surface area contributed by atoms with Crippen LogP contribution in [0, 0.1) is 11.3 Å². The number of carbonyl (C=O) groups is 1. The SMILES string of the molecule is CS(=O)(=O)Cc1ccc(C(=O)OCc2ccccc2C#N)cc1. The van der Waals surface area contributed by atoms with Crippen LogP contribution in [0.25, 0.3) is 0 Å². The van der Waals surface area contributed by atoms with E-state index in [-0.39, 0.29) is 12.4 Å². The quantitative estimate of drug-likeness (QED) is 0.787. The van der Waals surface area contributed by atoms with E-state index in [4.69, 9.17) is 10.00 Å². The van der Waals surface area contributed by atoms with Crippen LogP contribution in [-0.2, 0) is 26.9 Å². The van der Waals surface area contributed by atoms with Crippen LogP contribution in [0.4, 0.5) is 0 Å². The predicted molar refractivity (Wildman–Crippen MR) is 85.3 cm³/mol. The van der Waals surface area contributed by atoms with Crippen molar-refractivity contribution in [3.63, 3.8) is 0 Å². The van der Waals surface area contributed by atoms with Gasteiger partial charge >= 0.3 is 5.97 Å².